The third-order valence-electron chi connectivity index (χ3n) is 1.80. The van der Waals surface area contributed by atoms with Crippen molar-refractivity contribution >= 4 is 11.8 Å². The molecule has 0 aliphatic carbocycles. The zero-order chi connectivity index (χ0) is 11.8. The van der Waals surface area contributed by atoms with Crippen LogP contribution in [0.25, 0.3) is 0 Å². The number of nitrogens with two attached hydrogens (primary N) is 1. The SMILES string of the molecule is CCOC(=O)NCCOc1ccc(N)cc1. The second kappa shape index (κ2) is 6.55. The molecule has 0 saturated carbocycles. The van der Waals surface area contributed by atoms with Gasteiger partial charge in [-0.3, -0.25) is 0 Å². The first-order valence-corrected chi connectivity index (χ1v) is 5.11. The van der Waals surface area contributed by atoms with E-state index < -0.39 is 6.09 Å². The van der Waals surface area contributed by atoms with Gasteiger partial charge in [0.1, 0.15) is 12.4 Å². The standard InChI is InChI=1S/C11H16N2O3/c1-2-15-11(14)13-7-8-16-10-5-3-9(12)4-6-10/h3-6H,2,7-8,12H2,1H3,(H,13,14). The summed E-state index contributed by atoms with van der Waals surface area (Å²) < 4.78 is 10.1. The second-order valence-electron chi connectivity index (χ2n) is 3.06. The average Bonchev–Trinajstić information content (AvgIpc) is 2.27. The second-order valence-corrected chi connectivity index (χ2v) is 3.06. The van der Waals surface area contributed by atoms with E-state index in [2.05, 4.69) is 10.1 Å². The number of benzene rings is 1. The lowest BCUT2D eigenvalue weighted by Gasteiger charge is -2.07. The summed E-state index contributed by atoms with van der Waals surface area (Å²) in [6.45, 7) is 2.92. The van der Waals surface area contributed by atoms with Crippen LogP contribution in [0.15, 0.2) is 24.3 Å². The summed E-state index contributed by atoms with van der Waals surface area (Å²) in [5.41, 5.74) is 6.22. The Morgan fingerprint density at radius 2 is 2.06 bits per heavy atom. The Morgan fingerprint density at radius 3 is 2.69 bits per heavy atom. The van der Waals surface area contributed by atoms with Gasteiger partial charge in [0.05, 0.1) is 13.2 Å². The van der Waals surface area contributed by atoms with Crippen molar-refractivity contribution in [3.63, 3.8) is 0 Å². The molecule has 0 bridgehead atoms. The van der Waals surface area contributed by atoms with Crippen molar-refractivity contribution < 1.29 is 14.3 Å². The Balaban J connectivity index is 2.16. The molecule has 0 radical (unpaired) electrons. The molecule has 1 rings (SSSR count). The first-order chi connectivity index (χ1) is 7.72. The topological polar surface area (TPSA) is 73.6 Å². The lowest BCUT2D eigenvalue weighted by molar-refractivity contribution is 0.150. The highest BCUT2D eigenvalue weighted by Crippen LogP contribution is 2.12. The smallest absolute Gasteiger partial charge is 0.407 e. The number of anilines is 1. The summed E-state index contributed by atoms with van der Waals surface area (Å²) in [5, 5.41) is 2.55. The van der Waals surface area contributed by atoms with Crippen LogP contribution in [0.4, 0.5) is 10.5 Å². The molecule has 0 aliphatic rings. The number of carbonyl (C=O) groups is 1. The molecular formula is C11H16N2O3. The van der Waals surface area contributed by atoms with E-state index in [1.54, 1.807) is 31.2 Å². The molecule has 0 aliphatic heterocycles. The molecule has 5 nitrogen and oxygen atoms in total. The van der Waals surface area contributed by atoms with Crippen LogP contribution in [0, 0.1) is 0 Å². The minimum absolute atomic E-state index is 0.366. The minimum atomic E-state index is -0.427. The summed E-state index contributed by atoms with van der Waals surface area (Å²) >= 11 is 0. The lowest BCUT2D eigenvalue weighted by Crippen LogP contribution is -2.28. The maximum absolute atomic E-state index is 10.9. The van der Waals surface area contributed by atoms with E-state index in [4.69, 9.17) is 10.5 Å². The Hall–Kier alpha value is -1.91. The molecule has 0 saturated heterocycles. The van der Waals surface area contributed by atoms with E-state index in [0.717, 1.165) is 5.75 Å². The Morgan fingerprint density at radius 1 is 1.38 bits per heavy atom. The molecule has 0 spiro atoms. The number of amides is 1. The molecule has 1 aromatic carbocycles. The van der Waals surface area contributed by atoms with Crippen molar-refractivity contribution in [2.45, 2.75) is 6.92 Å². The van der Waals surface area contributed by atoms with E-state index in [1.165, 1.54) is 0 Å². The van der Waals surface area contributed by atoms with Gasteiger partial charge in [-0.15, -0.1) is 0 Å². The number of carbonyl (C=O) groups excluding carboxylic acids is 1. The van der Waals surface area contributed by atoms with Crippen LogP contribution < -0.4 is 15.8 Å². The maximum Gasteiger partial charge on any atom is 0.407 e. The van der Waals surface area contributed by atoms with Gasteiger partial charge < -0.3 is 20.5 Å². The van der Waals surface area contributed by atoms with Gasteiger partial charge in [0.15, 0.2) is 0 Å². The minimum Gasteiger partial charge on any atom is -0.492 e. The summed E-state index contributed by atoms with van der Waals surface area (Å²) in [4.78, 5) is 10.9. The quantitative estimate of drug-likeness (QED) is 0.585. The van der Waals surface area contributed by atoms with Crippen LogP contribution in [-0.2, 0) is 4.74 Å². The molecule has 0 atom stereocenters. The Labute approximate surface area is 94.5 Å². The first kappa shape index (κ1) is 12.2. The fourth-order valence-corrected chi connectivity index (χ4v) is 1.07. The summed E-state index contributed by atoms with van der Waals surface area (Å²) in [6, 6.07) is 7.07. The van der Waals surface area contributed by atoms with Gasteiger partial charge in [-0.05, 0) is 31.2 Å². The van der Waals surface area contributed by atoms with Crippen molar-refractivity contribution in [3.8, 4) is 5.75 Å². The van der Waals surface area contributed by atoms with Crippen LogP contribution in [0.1, 0.15) is 6.92 Å². The van der Waals surface area contributed by atoms with Crippen molar-refractivity contribution in [2.24, 2.45) is 0 Å². The summed E-state index contributed by atoms with van der Waals surface area (Å²) in [6.07, 6.45) is -0.427. The molecule has 1 amide bonds. The number of ether oxygens (including phenoxy) is 2. The molecule has 0 unspecified atom stereocenters. The molecule has 0 fully saturated rings. The van der Waals surface area contributed by atoms with E-state index >= 15 is 0 Å². The normalized spacial score (nSPS) is 9.56. The van der Waals surface area contributed by atoms with E-state index in [0.29, 0.717) is 25.4 Å². The van der Waals surface area contributed by atoms with E-state index in [9.17, 15) is 4.79 Å². The highest BCUT2D eigenvalue weighted by molar-refractivity contribution is 5.66. The van der Waals surface area contributed by atoms with Crippen molar-refractivity contribution in [1.29, 1.82) is 0 Å². The van der Waals surface area contributed by atoms with E-state index in [-0.39, 0.29) is 0 Å². The fourth-order valence-electron chi connectivity index (χ4n) is 1.07. The fraction of sp³-hybridized carbons (Fsp3) is 0.364. The molecule has 88 valence electrons. The van der Waals surface area contributed by atoms with Gasteiger partial charge in [-0.2, -0.15) is 0 Å². The van der Waals surface area contributed by atoms with Crippen LogP contribution in [0.2, 0.25) is 0 Å². The molecule has 5 heteroatoms. The number of hydrogen-bond donors (Lipinski definition) is 2. The van der Waals surface area contributed by atoms with Crippen molar-refractivity contribution in [2.75, 3.05) is 25.5 Å². The number of hydrogen-bond acceptors (Lipinski definition) is 4. The van der Waals surface area contributed by atoms with Gasteiger partial charge in [0.25, 0.3) is 0 Å². The molecule has 16 heavy (non-hydrogen) atoms. The average molecular weight is 224 g/mol. The Bertz CT molecular complexity index is 325. The van der Waals surface area contributed by atoms with E-state index in [1.807, 2.05) is 0 Å². The third kappa shape index (κ3) is 4.54. The lowest BCUT2D eigenvalue weighted by atomic mass is 10.3. The molecule has 0 aromatic heterocycles. The molecule has 3 N–H and O–H groups in total. The predicted molar refractivity (Wildman–Crippen MR) is 61.4 cm³/mol. The number of alkyl carbamates (subject to hydrolysis) is 1. The zero-order valence-corrected chi connectivity index (χ0v) is 9.23. The third-order valence-corrected chi connectivity index (χ3v) is 1.80. The summed E-state index contributed by atoms with van der Waals surface area (Å²) in [7, 11) is 0. The highest BCUT2D eigenvalue weighted by Gasteiger charge is 1.98. The highest BCUT2D eigenvalue weighted by atomic mass is 16.5. The van der Waals surface area contributed by atoms with Gasteiger partial charge >= 0.3 is 6.09 Å². The largest absolute Gasteiger partial charge is 0.492 e. The zero-order valence-electron chi connectivity index (χ0n) is 9.23. The van der Waals surface area contributed by atoms with Crippen LogP contribution in [-0.4, -0.2) is 25.9 Å². The molecule has 1 aromatic rings. The Kier molecular flexibility index (Phi) is 4.98. The van der Waals surface area contributed by atoms with Crippen molar-refractivity contribution in [1.82, 2.24) is 5.32 Å². The molecular weight excluding hydrogens is 208 g/mol. The van der Waals surface area contributed by atoms with Gasteiger partial charge in [-0.25, -0.2) is 4.79 Å². The monoisotopic (exact) mass is 224 g/mol. The van der Waals surface area contributed by atoms with Crippen LogP contribution in [0.5, 0.6) is 5.75 Å². The predicted octanol–water partition coefficient (Wildman–Crippen LogP) is 1.39. The first-order valence-electron chi connectivity index (χ1n) is 5.11. The van der Waals surface area contributed by atoms with Crippen LogP contribution in [0.3, 0.4) is 0 Å². The molecule has 0 heterocycles. The van der Waals surface area contributed by atoms with Crippen LogP contribution >= 0.6 is 0 Å². The number of nitrogen functional groups attached to an aromatic ring is 1. The van der Waals surface area contributed by atoms with Gasteiger partial charge in [-0.1, -0.05) is 0 Å². The summed E-state index contributed by atoms with van der Waals surface area (Å²) in [5.74, 6) is 0.722. The maximum atomic E-state index is 10.9. The van der Waals surface area contributed by atoms with Gasteiger partial charge in [0.2, 0.25) is 0 Å². The number of rotatable bonds is 5. The number of nitrogens with one attached hydrogen (secondary N) is 1. The van der Waals surface area contributed by atoms with Gasteiger partial charge in [0, 0.05) is 5.69 Å². The van der Waals surface area contributed by atoms with Crippen molar-refractivity contribution in [3.05, 3.63) is 24.3 Å².